The van der Waals surface area contributed by atoms with Crippen LogP contribution in [0.25, 0.3) is 0 Å². The van der Waals surface area contributed by atoms with Crippen LogP contribution in [0.3, 0.4) is 0 Å². The van der Waals surface area contributed by atoms with Crippen molar-refractivity contribution in [2.45, 2.75) is 43.7 Å². The van der Waals surface area contributed by atoms with Crippen molar-refractivity contribution in [3.63, 3.8) is 0 Å². The Labute approximate surface area is 163 Å². The quantitative estimate of drug-likeness (QED) is 0.793. The summed E-state index contributed by atoms with van der Waals surface area (Å²) in [5, 5.41) is 2.93. The fraction of sp³-hybridized carbons (Fsp3) is 0.412. The number of carbonyl (C=O) groups excluding carboxylic acids is 1. The summed E-state index contributed by atoms with van der Waals surface area (Å²) in [6.45, 7) is 6.02. The number of thioether (sulfide) groups is 1. The standard InChI is InChI=1S/C17H18F3N5O2S/c1-15(2)8-16(3,25-14(21)28-15)9-4-10(6-22-5-9)23-12(26)11-7-27-13(24-11)17(18,19)20/h4-7H,8H2,1-3H3,(H2,21,25)(H,23,26)/t16-/m0/s1. The Morgan fingerprint density at radius 1 is 1.32 bits per heavy atom. The number of anilines is 1. The third kappa shape index (κ3) is 4.29. The van der Waals surface area contributed by atoms with Crippen molar-refractivity contribution in [2.75, 3.05) is 5.32 Å². The van der Waals surface area contributed by atoms with Crippen molar-refractivity contribution in [1.29, 1.82) is 0 Å². The van der Waals surface area contributed by atoms with Crippen LogP contribution in [0, 0.1) is 0 Å². The first kappa shape index (κ1) is 20.2. The zero-order valence-electron chi connectivity index (χ0n) is 15.3. The molecule has 0 bridgehead atoms. The van der Waals surface area contributed by atoms with Gasteiger partial charge in [-0.15, -0.1) is 0 Å². The molecule has 2 aromatic rings. The van der Waals surface area contributed by atoms with Gasteiger partial charge in [0.15, 0.2) is 10.9 Å². The molecule has 0 unspecified atom stereocenters. The largest absolute Gasteiger partial charge is 0.468 e. The summed E-state index contributed by atoms with van der Waals surface area (Å²) in [6, 6.07) is 1.67. The summed E-state index contributed by atoms with van der Waals surface area (Å²) in [7, 11) is 0. The minimum atomic E-state index is -4.77. The number of aliphatic imine (C=N–C) groups is 1. The smallest absolute Gasteiger partial charge is 0.441 e. The van der Waals surface area contributed by atoms with E-state index in [4.69, 9.17) is 5.73 Å². The lowest BCUT2D eigenvalue weighted by atomic mass is 9.84. The molecule has 1 amide bonds. The number of nitrogens with two attached hydrogens (primary N) is 1. The van der Waals surface area contributed by atoms with Crippen LogP contribution in [-0.2, 0) is 11.7 Å². The molecule has 150 valence electrons. The molecule has 11 heteroatoms. The molecular formula is C17H18F3N5O2S. The lowest BCUT2D eigenvalue weighted by Crippen LogP contribution is -2.38. The van der Waals surface area contributed by atoms with E-state index in [2.05, 4.69) is 38.5 Å². The van der Waals surface area contributed by atoms with E-state index in [0.29, 0.717) is 23.5 Å². The van der Waals surface area contributed by atoms with Gasteiger partial charge in [0.2, 0.25) is 0 Å². The Bertz CT molecular complexity index is 941. The fourth-order valence-electron chi connectivity index (χ4n) is 3.13. The third-order valence-electron chi connectivity index (χ3n) is 4.11. The summed E-state index contributed by atoms with van der Waals surface area (Å²) in [6.07, 6.45) is -0.425. The number of hydrogen-bond donors (Lipinski definition) is 2. The van der Waals surface area contributed by atoms with Crippen LogP contribution in [0.1, 0.15) is 49.1 Å². The highest BCUT2D eigenvalue weighted by atomic mass is 32.2. The number of oxazole rings is 1. The average Bonchev–Trinajstić information content (AvgIpc) is 3.03. The number of nitrogens with one attached hydrogen (secondary N) is 1. The highest BCUT2D eigenvalue weighted by Crippen LogP contribution is 2.44. The van der Waals surface area contributed by atoms with Gasteiger partial charge in [0.25, 0.3) is 5.91 Å². The van der Waals surface area contributed by atoms with E-state index in [9.17, 15) is 18.0 Å². The Morgan fingerprint density at radius 3 is 2.64 bits per heavy atom. The van der Waals surface area contributed by atoms with E-state index in [0.717, 1.165) is 5.56 Å². The Kier molecular flexibility index (Phi) is 4.90. The Morgan fingerprint density at radius 2 is 2.04 bits per heavy atom. The number of amidine groups is 1. The predicted octanol–water partition coefficient (Wildman–Crippen LogP) is 3.79. The maximum absolute atomic E-state index is 12.6. The van der Waals surface area contributed by atoms with E-state index in [1.54, 1.807) is 12.3 Å². The van der Waals surface area contributed by atoms with Gasteiger partial charge in [-0.2, -0.15) is 13.2 Å². The zero-order chi connectivity index (χ0) is 20.7. The van der Waals surface area contributed by atoms with Crippen molar-refractivity contribution in [2.24, 2.45) is 10.7 Å². The maximum atomic E-state index is 12.6. The number of halogens is 3. The molecular weight excluding hydrogens is 395 g/mol. The summed E-state index contributed by atoms with van der Waals surface area (Å²) >= 11 is 1.48. The monoisotopic (exact) mass is 413 g/mol. The van der Waals surface area contributed by atoms with Crippen molar-refractivity contribution >= 4 is 28.5 Å². The molecule has 3 heterocycles. The number of aromatic nitrogens is 2. The molecule has 1 atom stereocenters. The Balaban J connectivity index is 1.83. The van der Waals surface area contributed by atoms with Gasteiger partial charge in [-0.3, -0.25) is 14.8 Å². The van der Waals surface area contributed by atoms with Crippen LogP contribution >= 0.6 is 11.8 Å². The lowest BCUT2D eigenvalue weighted by Gasteiger charge is -2.39. The normalized spacial score (nSPS) is 21.9. The highest BCUT2D eigenvalue weighted by molar-refractivity contribution is 8.15. The molecule has 3 N–H and O–H groups in total. The lowest BCUT2D eigenvalue weighted by molar-refractivity contribution is -0.157. The van der Waals surface area contributed by atoms with Gasteiger partial charge in [0.1, 0.15) is 6.26 Å². The van der Waals surface area contributed by atoms with Gasteiger partial charge >= 0.3 is 12.1 Å². The minimum absolute atomic E-state index is 0.144. The molecule has 0 saturated carbocycles. The first-order valence-electron chi connectivity index (χ1n) is 8.22. The van der Waals surface area contributed by atoms with E-state index in [-0.39, 0.29) is 4.75 Å². The molecule has 3 rings (SSSR count). The second-order valence-corrected chi connectivity index (χ2v) is 8.94. The van der Waals surface area contributed by atoms with Crippen molar-refractivity contribution in [3.8, 4) is 0 Å². The Hall–Kier alpha value is -2.56. The second-order valence-electron chi connectivity index (χ2n) is 7.21. The van der Waals surface area contributed by atoms with Crippen molar-refractivity contribution in [1.82, 2.24) is 9.97 Å². The van der Waals surface area contributed by atoms with Crippen LogP contribution in [0.15, 0.2) is 34.1 Å². The molecule has 7 nitrogen and oxygen atoms in total. The molecule has 0 saturated heterocycles. The first-order chi connectivity index (χ1) is 12.9. The van der Waals surface area contributed by atoms with E-state index in [1.165, 1.54) is 18.0 Å². The van der Waals surface area contributed by atoms with Crippen molar-refractivity contribution in [3.05, 3.63) is 41.9 Å². The molecule has 0 fully saturated rings. The number of hydrogen-bond acceptors (Lipinski definition) is 7. The summed E-state index contributed by atoms with van der Waals surface area (Å²) in [4.78, 5) is 24.0. The number of pyridine rings is 1. The van der Waals surface area contributed by atoms with Crippen molar-refractivity contribution < 1.29 is 22.4 Å². The summed E-state index contributed by atoms with van der Waals surface area (Å²) in [5.74, 6) is -2.32. The average molecular weight is 413 g/mol. The second kappa shape index (κ2) is 6.80. The number of carbonyl (C=O) groups is 1. The molecule has 28 heavy (non-hydrogen) atoms. The van der Waals surface area contributed by atoms with E-state index >= 15 is 0 Å². The van der Waals surface area contributed by atoms with E-state index < -0.39 is 29.2 Å². The third-order valence-corrected chi connectivity index (χ3v) is 5.10. The highest BCUT2D eigenvalue weighted by Gasteiger charge is 2.40. The van der Waals surface area contributed by atoms with Gasteiger partial charge in [-0.1, -0.05) is 25.6 Å². The summed E-state index contributed by atoms with van der Waals surface area (Å²) in [5.41, 5.74) is 5.85. The van der Waals surface area contributed by atoms with Gasteiger partial charge in [0, 0.05) is 10.9 Å². The first-order valence-corrected chi connectivity index (χ1v) is 9.04. The topological polar surface area (TPSA) is 106 Å². The molecule has 1 aliphatic heterocycles. The van der Waals surface area contributed by atoms with E-state index in [1.807, 2.05) is 6.92 Å². The van der Waals surface area contributed by atoms with Crippen LogP contribution in [0.4, 0.5) is 18.9 Å². The van der Waals surface area contributed by atoms with Crippen LogP contribution in [0.5, 0.6) is 0 Å². The van der Waals surface area contributed by atoms with Crippen LogP contribution in [0.2, 0.25) is 0 Å². The minimum Gasteiger partial charge on any atom is -0.441 e. The fourth-order valence-corrected chi connectivity index (χ4v) is 4.29. The number of amides is 1. The number of alkyl halides is 3. The number of nitrogens with zero attached hydrogens (tertiary/aromatic N) is 3. The van der Waals surface area contributed by atoms with Crippen LogP contribution < -0.4 is 11.1 Å². The van der Waals surface area contributed by atoms with Gasteiger partial charge < -0.3 is 15.5 Å². The van der Waals surface area contributed by atoms with Gasteiger partial charge in [-0.25, -0.2) is 4.98 Å². The van der Waals surface area contributed by atoms with Gasteiger partial charge in [-0.05, 0) is 25.0 Å². The predicted molar refractivity (Wildman–Crippen MR) is 99.0 cm³/mol. The van der Waals surface area contributed by atoms with Crippen LogP contribution in [-0.4, -0.2) is 25.8 Å². The molecule has 0 radical (unpaired) electrons. The molecule has 2 aromatic heterocycles. The summed E-state index contributed by atoms with van der Waals surface area (Å²) < 4.78 is 41.9. The SMILES string of the molecule is CC1(C)C[C@@](C)(c2cncc(NC(=O)c3coc(C(F)(F)F)n3)c2)N=C(N)S1. The molecule has 1 aliphatic rings. The molecule has 0 spiro atoms. The maximum Gasteiger partial charge on any atom is 0.468 e. The zero-order valence-corrected chi connectivity index (χ0v) is 16.1. The number of rotatable bonds is 3. The molecule has 0 aromatic carbocycles. The van der Waals surface area contributed by atoms with Gasteiger partial charge in [0.05, 0.1) is 17.4 Å². The molecule has 0 aliphatic carbocycles.